The second-order valence-corrected chi connectivity index (χ2v) is 12.6. The lowest BCUT2D eigenvalue weighted by molar-refractivity contribution is -0.119. The molecule has 1 amide bonds. The van der Waals surface area contributed by atoms with Crippen molar-refractivity contribution in [3.8, 4) is 22.4 Å². The van der Waals surface area contributed by atoms with Crippen LogP contribution in [0.25, 0.3) is 33.3 Å². The quantitative estimate of drug-likeness (QED) is 0.206. The fourth-order valence-electron chi connectivity index (χ4n) is 5.05. The zero-order valence-corrected chi connectivity index (χ0v) is 25.6. The van der Waals surface area contributed by atoms with Gasteiger partial charge in [-0.25, -0.2) is 18.2 Å². The van der Waals surface area contributed by atoms with Crippen molar-refractivity contribution in [1.29, 1.82) is 0 Å². The number of pyridine rings is 1. The normalized spacial score (nSPS) is 13.8. The molecule has 0 spiro atoms. The van der Waals surface area contributed by atoms with Crippen LogP contribution in [0.3, 0.4) is 0 Å². The number of nitrogens with one attached hydrogen (secondary N) is 1. The van der Waals surface area contributed by atoms with Crippen LogP contribution in [0.4, 0.5) is 5.69 Å². The van der Waals surface area contributed by atoms with Crippen LogP contribution in [0, 0.1) is 0 Å². The smallest absolute Gasteiger partial charge is 0.339 e. The van der Waals surface area contributed by atoms with Gasteiger partial charge in [0.2, 0.25) is 10.0 Å². The lowest BCUT2D eigenvalue weighted by Gasteiger charge is -2.26. The molecule has 1 N–H and O–H groups in total. The van der Waals surface area contributed by atoms with Crippen LogP contribution in [0.15, 0.2) is 108 Å². The van der Waals surface area contributed by atoms with Gasteiger partial charge in [-0.1, -0.05) is 84.4 Å². The van der Waals surface area contributed by atoms with E-state index in [0.717, 1.165) is 16.7 Å². The second-order valence-electron chi connectivity index (χ2n) is 10.3. The number of sulfonamides is 1. The first kappa shape index (κ1) is 30.4. The summed E-state index contributed by atoms with van der Waals surface area (Å²) in [5.41, 5.74) is 4.47. The number of rotatable bonds is 8. The molecule has 0 unspecified atom stereocenters. The fraction of sp³-hybridized carbons (Fsp3) is 0.147. The van der Waals surface area contributed by atoms with Crippen molar-refractivity contribution in [3.05, 3.63) is 114 Å². The van der Waals surface area contributed by atoms with E-state index in [-0.39, 0.29) is 34.3 Å². The third-order valence-electron chi connectivity index (χ3n) is 7.38. The Morgan fingerprint density at radius 3 is 2.27 bits per heavy atom. The average Bonchev–Trinajstić information content (AvgIpc) is 3.08. The zero-order chi connectivity index (χ0) is 31.4. The van der Waals surface area contributed by atoms with Gasteiger partial charge >= 0.3 is 5.97 Å². The highest BCUT2D eigenvalue weighted by Crippen LogP contribution is 2.29. The predicted octanol–water partition coefficient (Wildman–Crippen LogP) is 6.04. The maximum atomic E-state index is 13.3. The average molecular weight is 642 g/mol. The number of carbonyl (C=O) groups excluding carboxylic acids is 2. The molecular weight excluding hydrogens is 614 g/mol. The van der Waals surface area contributed by atoms with E-state index in [9.17, 15) is 18.0 Å². The van der Waals surface area contributed by atoms with Gasteiger partial charge in [0.05, 0.1) is 45.6 Å². The van der Waals surface area contributed by atoms with Gasteiger partial charge in [-0.05, 0) is 41.5 Å². The van der Waals surface area contributed by atoms with Crippen LogP contribution in [0.1, 0.15) is 10.4 Å². The molecule has 5 aromatic rings. The molecule has 45 heavy (non-hydrogen) atoms. The lowest BCUT2D eigenvalue weighted by atomic mass is 10.0. The minimum absolute atomic E-state index is 0.0197. The molecule has 0 bridgehead atoms. The molecule has 0 radical (unpaired) electrons. The summed E-state index contributed by atoms with van der Waals surface area (Å²) in [5.74, 6) is -1.39. The van der Waals surface area contributed by atoms with Crippen LogP contribution in [-0.2, 0) is 24.3 Å². The molecular formula is C34H28ClN3O6S. The summed E-state index contributed by atoms with van der Waals surface area (Å²) >= 11 is 6.26. The Bertz CT molecular complexity index is 1980. The molecule has 9 nitrogen and oxygen atoms in total. The molecule has 1 aromatic heterocycles. The Balaban J connectivity index is 1.18. The van der Waals surface area contributed by atoms with E-state index in [2.05, 4.69) is 5.32 Å². The third kappa shape index (κ3) is 6.74. The van der Waals surface area contributed by atoms with E-state index in [0.29, 0.717) is 29.8 Å². The number of para-hydroxylation sites is 1. The number of benzene rings is 4. The molecule has 0 saturated carbocycles. The van der Waals surface area contributed by atoms with E-state index in [1.165, 1.54) is 22.5 Å². The monoisotopic (exact) mass is 641 g/mol. The molecule has 1 aliphatic rings. The van der Waals surface area contributed by atoms with Crippen LogP contribution in [-0.4, -0.2) is 62.5 Å². The van der Waals surface area contributed by atoms with Gasteiger partial charge in [-0.2, -0.15) is 4.31 Å². The number of carbonyl (C=O) groups is 2. The number of aromatic nitrogens is 1. The summed E-state index contributed by atoms with van der Waals surface area (Å²) in [6.07, 6.45) is 0. The Morgan fingerprint density at radius 2 is 1.51 bits per heavy atom. The SMILES string of the molecule is O=C(COC(=O)c1cc(-c2ccc(-c3ccccc3)cc2)nc2ccccc12)Nc1cc(S(=O)(=O)N2CCOCC2)ccc1Cl. The number of hydrogen-bond donors (Lipinski definition) is 1. The summed E-state index contributed by atoms with van der Waals surface area (Å²) < 4.78 is 38.1. The summed E-state index contributed by atoms with van der Waals surface area (Å²) in [6, 6.07) is 30.8. The van der Waals surface area contributed by atoms with Crippen molar-refractivity contribution in [2.45, 2.75) is 4.90 Å². The van der Waals surface area contributed by atoms with Crippen molar-refractivity contribution in [1.82, 2.24) is 9.29 Å². The first-order valence-corrected chi connectivity index (χ1v) is 16.0. The number of fused-ring (bicyclic) bond motifs is 1. The van der Waals surface area contributed by atoms with E-state index < -0.39 is 28.5 Å². The third-order valence-corrected chi connectivity index (χ3v) is 9.60. The van der Waals surface area contributed by atoms with E-state index in [1.807, 2.05) is 60.7 Å². The fourth-order valence-corrected chi connectivity index (χ4v) is 6.65. The Morgan fingerprint density at radius 1 is 0.844 bits per heavy atom. The topological polar surface area (TPSA) is 115 Å². The minimum Gasteiger partial charge on any atom is -0.452 e. The molecule has 11 heteroatoms. The molecule has 1 aliphatic heterocycles. The van der Waals surface area contributed by atoms with Gasteiger partial charge in [0.15, 0.2) is 6.61 Å². The molecule has 228 valence electrons. The maximum Gasteiger partial charge on any atom is 0.339 e. The highest BCUT2D eigenvalue weighted by molar-refractivity contribution is 7.89. The van der Waals surface area contributed by atoms with Crippen molar-refractivity contribution in [2.24, 2.45) is 0 Å². The lowest BCUT2D eigenvalue weighted by Crippen LogP contribution is -2.40. The van der Waals surface area contributed by atoms with Gasteiger partial charge in [0, 0.05) is 24.0 Å². The highest BCUT2D eigenvalue weighted by atomic mass is 35.5. The van der Waals surface area contributed by atoms with Gasteiger partial charge in [0.1, 0.15) is 0 Å². The molecule has 1 saturated heterocycles. The Hall–Kier alpha value is -4.61. The molecule has 1 fully saturated rings. The summed E-state index contributed by atoms with van der Waals surface area (Å²) in [4.78, 5) is 30.9. The van der Waals surface area contributed by atoms with Crippen LogP contribution < -0.4 is 5.32 Å². The van der Waals surface area contributed by atoms with Crippen LogP contribution in [0.5, 0.6) is 0 Å². The number of amides is 1. The number of ether oxygens (including phenoxy) is 2. The van der Waals surface area contributed by atoms with Gasteiger partial charge in [-0.15, -0.1) is 0 Å². The van der Waals surface area contributed by atoms with Gasteiger partial charge in [-0.3, -0.25) is 4.79 Å². The molecule has 2 heterocycles. The number of morpholine rings is 1. The zero-order valence-electron chi connectivity index (χ0n) is 24.0. The Kier molecular flexibility index (Phi) is 8.90. The summed E-state index contributed by atoms with van der Waals surface area (Å²) in [7, 11) is -3.81. The largest absolute Gasteiger partial charge is 0.452 e. The first-order valence-electron chi connectivity index (χ1n) is 14.2. The van der Waals surface area contributed by atoms with Crippen molar-refractivity contribution >= 4 is 50.1 Å². The van der Waals surface area contributed by atoms with E-state index in [4.69, 9.17) is 26.1 Å². The molecule has 0 atom stereocenters. The molecule has 6 rings (SSSR count). The molecule has 0 aliphatic carbocycles. The number of anilines is 1. The van der Waals surface area contributed by atoms with E-state index in [1.54, 1.807) is 24.3 Å². The van der Waals surface area contributed by atoms with Crippen molar-refractivity contribution in [3.63, 3.8) is 0 Å². The van der Waals surface area contributed by atoms with Crippen molar-refractivity contribution in [2.75, 3.05) is 38.2 Å². The molecule has 4 aromatic carbocycles. The highest BCUT2D eigenvalue weighted by Gasteiger charge is 2.27. The minimum atomic E-state index is -3.81. The van der Waals surface area contributed by atoms with Crippen molar-refractivity contribution < 1.29 is 27.5 Å². The van der Waals surface area contributed by atoms with Gasteiger partial charge in [0.25, 0.3) is 5.91 Å². The number of esters is 1. The number of hydrogen-bond acceptors (Lipinski definition) is 7. The summed E-state index contributed by atoms with van der Waals surface area (Å²) in [6.45, 7) is 0.445. The first-order chi connectivity index (χ1) is 21.8. The van der Waals surface area contributed by atoms with Crippen LogP contribution >= 0.6 is 11.6 Å². The van der Waals surface area contributed by atoms with Crippen LogP contribution in [0.2, 0.25) is 5.02 Å². The maximum absolute atomic E-state index is 13.3. The van der Waals surface area contributed by atoms with Gasteiger partial charge < -0.3 is 14.8 Å². The number of halogens is 1. The second kappa shape index (κ2) is 13.2. The van der Waals surface area contributed by atoms with E-state index >= 15 is 0 Å². The summed E-state index contributed by atoms with van der Waals surface area (Å²) in [5, 5.41) is 3.28. The number of nitrogens with zero attached hydrogens (tertiary/aromatic N) is 2. The predicted molar refractivity (Wildman–Crippen MR) is 173 cm³/mol. The Labute approximate surface area is 265 Å². The standard InChI is InChI=1S/C34H28ClN3O6S/c35-29-15-14-26(45(41,42)38-16-18-43-19-17-38)20-32(29)37-33(39)22-44-34(40)28-21-31(36-30-9-5-4-8-27(28)30)25-12-10-24(11-13-25)23-6-2-1-3-7-23/h1-15,20-21H,16-19,22H2,(H,37,39).